The zero-order valence-corrected chi connectivity index (χ0v) is 18.7. The third-order valence-electron chi connectivity index (χ3n) is 4.28. The first-order chi connectivity index (χ1) is 15.7. The van der Waals surface area contributed by atoms with Crippen molar-refractivity contribution < 1.29 is 32.2 Å². The third kappa shape index (κ3) is 5.74. The van der Waals surface area contributed by atoms with Crippen molar-refractivity contribution >= 4 is 33.4 Å². The summed E-state index contributed by atoms with van der Waals surface area (Å²) >= 11 is 0. The summed E-state index contributed by atoms with van der Waals surface area (Å²) in [6.07, 6.45) is 0. The standard InChI is InChI=1S/C21H20N4O7S/c1-30-18-12-17(23-21(24-18)32-3)25-33(28,29)16-9-7-15(8-10-16)22-19(26)13-5-4-6-14(11-13)20(27)31-2/h4-12H,1-3H3,(H,22,26)(H,23,24,25). The molecule has 1 amide bonds. The second-order valence-electron chi connectivity index (χ2n) is 6.44. The summed E-state index contributed by atoms with van der Waals surface area (Å²) in [5, 5.41) is 2.64. The average molecular weight is 472 g/mol. The SMILES string of the molecule is COC(=O)c1cccc(C(=O)Nc2ccc(S(=O)(=O)Nc3cc(OC)nc(OC)n3)cc2)c1. The Morgan fingerprint density at radius 1 is 0.879 bits per heavy atom. The van der Waals surface area contributed by atoms with Crippen LogP contribution in [0, 0.1) is 0 Å². The zero-order chi connectivity index (χ0) is 24.0. The lowest BCUT2D eigenvalue weighted by atomic mass is 10.1. The van der Waals surface area contributed by atoms with Crippen molar-refractivity contribution in [2.75, 3.05) is 31.4 Å². The topological polar surface area (TPSA) is 146 Å². The molecule has 11 nitrogen and oxygen atoms in total. The molecule has 33 heavy (non-hydrogen) atoms. The summed E-state index contributed by atoms with van der Waals surface area (Å²) in [5.74, 6) is -0.962. The van der Waals surface area contributed by atoms with Crippen LogP contribution in [-0.4, -0.2) is 51.6 Å². The molecular weight excluding hydrogens is 452 g/mol. The molecule has 0 aliphatic heterocycles. The molecule has 0 atom stereocenters. The molecule has 3 aromatic rings. The van der Waals surface area contributed by atoms with Gasteiger partial charge < -0.3 is 19.5 Å². The molecule has 0 bridgehead atoms. The number of methoxy groups -OCH3 is 3. The van der Waals surface area contributed by atoms with Gasteiger partial charge in [0.15, 0.2) is 5.82 Å². The number of aromatic nitrogens is 2. The normalized spacial score (nSPS) is 10.8. The first kappa shape index (κ1) is 23.5. The van der Waals surface area contributed by atoms with Crippen molar-refractivity contribution in [2.45, 2.75) is 4.90 Å². The van der Waals surface area contributed by atoms with E-state index in [1.807, 2.05) is 0 Å². The highest BCUT2D eigenvalue weighted by atomic mass is 32.2. The molecular formula is C21H20N4O7S. The van der Waals surface area contributed by atoms with Crippen LogP contribution in [0.15, 0.2) is 59.5 Å². The van der Waals surface area contributed by atoms with Crippen molar-refractivity contribution in [2.24, 2.45) is 0 Å². The van der Waals surface area contributed by atoms with Crippen molar-refractivity contribution in [3.05, 3.63) is 65.7 Å². The van der Waals surface area contributed by atoms with Crippen LogP contribution in [0.5, 0.6) is 11.9 Å². The van der Waals surface area contributed by atoms with Crippen LogP contribution in [0.2, 0.25) is 0 Å². The molecule has 1 aromatic heterocycles. The summed E-state index contributed by atoms with van der Waals surface area (Å²) < 4.78 is 42.3. The molecule has 0 aliphatic rings. The third-order valence-corrected chi connectivity index (χ3v) is 5.65. The number of sulfonamides is 1. The van der Waals surface area contributed by atoms with Gasteiger partial charge in [0.1, 0.15) is 0 Å². The minimum atomic E-state index is -3.99. The second kappa shape index (κ2) is 9.96. The Bertz CT molecular complexity index is 1260. The lowest BCUT2D eigenvalue weighted by Crippen LogP contribution is -2.15. The van der Waals surface area contributed by atoms with Crippen LogP contribution in [0.4, 0.5) is 11.5 Å². The maximum Gasteiger partial charge on any atom is 0.337 e. The number of amides is 1. The largest absolute Gasteiger partial charge is 0.481 e. The molecule has 0 radical (unpaired) electrons. The first-order valence-electron chi connectivity index (χ1n) is 9.35. The van der Waals surface area contributed by atoms with Gasteiger partial charge >= 0.3 is 12.0 Å². The van der Waals surface area contributed by atoms with E-state index < -0.39 is 21.9 Å². The number of nitrogens with one attached hydrogen (secondary N) is 2. The highest BCUT2D eigenvalue weighted by molar-refractivity contribution is 7.92. The molecule has 3 rings (SSSR count). The Hall–Kier alpha value is -4.19. The number of hydrogen-bond acceptors (Lipinski definition) is 9. The molecule has 172 valence electrons. The van der Waals surface area contributed by atoms with E-state index >= 15 is 0 Å². The Morgan fingerprint density at radius 2 is 1.58 bits per heavy atom. The predicted octanol–water partition coefficient (Wildman–Crippen LogP) is 2.33. The van der Waals surface area contributed by atoms with Gasteiger partial charge in [0.05, 0.1) is 31.8 Å². The molecule has 1 heterocycles. The molecule has 2 N–H and O–H groups in total. The minimum absolute atomic E-state index is 0.0402. The van der Waals surface area contributed by atoms with Gasteiger partial charge in [-0.25, -0.2) is 13.2 Å². The Kier molecular flexibility index (Phi) is 7.08. The molecule has 0 unspecified atom stereocenters. The number of benzene rings is 2. The molecule has 0 saturated carbocycles. The Balaban J connectivity index is 1.74. The lowest BCUT2D eigenvalue weighted by Gasteiger charge is -2.10. The zero-order valence-electron chi connectivity index (χ0n) is 17.9. The number of esters is 1. The van der Waals surface area contributed by atoms with E-state index in [2.05, 4.69) is 24.7 Å². The van der Waals surface area contributed by atoms with Crippen LogP contribution >= 0.6 is 0 Å². The van der Waals surface area contributed by atoms with E-state index in [0.717, 1.165) is 0 Å². The van der Waals surface area contributed by atoms with Gasteiger partial charge in [-0.1, -0.05) is 6.07 Å². The van der Waals surface area contributed by atoms with Crippen LogP contribution in [0.25, 0.3) is 0 Å². The number of carbonyl (C=O) groups excluding carboxylic acids is 2. The first-order valence-corrected chi connectivity index (χ1v) is 10.8. The van der Waals surface area contributed by atoms with Gasteiger partial charge in [0, 0.05) is 17.3 Å². The molecule has 0 spiro atoms. The Labute approximate surface area is 189 Å². The van der Waals surface area contributed by atoms with Gasteiger partial charge in [-0.15, -0.1) is 0 Å². The van der Waals surface area contributed by atoms with Gasteiger partial charge in [-0.3, -0.25) is 9.52 Å². The fourth-order valence-electron chi connectivity index (χ4n) is 2.67. The summed E-state index contributed by atoms with van der Waals surface area (Å²) in [6, 6.07) is 12.7. The lowest BCUT2D eigenvalue weighted by molar-refractivity contribution is 0.0600. The van der Waals surface area contributed by atoms with E-state index in [1.54, 1.807) is 6.07 Å². The fourth-order valence-corrected chi connectivity index (χ4v) is 3.67. The minimum Gasteiger partial charge on any atom is -0.481 e. The number of anilines is 2. The molecule has 0 saturated heterocycles. The Morgan fingerprint density at radius 3 is 2.21 bits per heavy atom. The fraction of sp³-hybridized carbons (Fsp3) is 0.143. The van der Waals surface area contributed by atoms with Crippen LogP contribution in [0.1, 0.15) is 20.7 Å². The highest BCUT2D eigenvalue weighted by Gasteiger charge is 2.17. The number of ether oxygens (including phenoxy) is 3. The predicted molar refractivity (Wildman–Crippen MR) is 118 cm³/mol. The quantitative estimate of drug-likeness (QED) is 0.472. The van der Waals surface area contributed by atoms with Gasteiger partial charge in [0.2, 0.25) is 5.88 Å². The number of nitrogens with zero attached hydrogens (tertiary/aromatic N) is 2. The summed E-state index contributed by atoms with van der Waals surface area (Å²) in [4.78, 5) is 31.9. The number of hydrogen-bond donors (Lipinski definition) is 2. The molecule has 0 aliphatic carbocycles. The highest BCUT2D eigenvalue weighted by Crippen LogP contribution is 2.22. The van der Waals surface area contributed by atoms with E-state index in [0.29, 0.717) is 5.69 Å². The summed E-state index contributed by atoms with van der Waals surface area (Å²) in [5.41, 5.74) is 0.825. The van der Waals surface area contributed by atoms with Crippen molar-refractivity contribution in [3.8, 4) is 11.9 Å². The molecule has 0 fully saturated rings. The number of carbonyl (C=O) groups is 2. The van der Waals surface area contributed by atoms with Crippen LogP contribution in [0.3, 0.4) is 0 Å². The second-order valence-corrected chi connectivity index (χ2v) is 8.12. The average Bonchev–Trinajstić information content (AvgIpc) is 2.83. The van der Waals surface area contributed by atoms with Crippen LogP contribution in [-0.2, 0) is 14.8 Å². The maximum atomic E-state index is 12.7. The van der Waals surface area contributed by atoms with E-state index in [9.17, 15) is 18.0 Å². The number of rotatable bonds is 8. The van der Waals surface area contributed by atoms with E-state index in [1.165, 1.54) is 69.9 Å². The monoisotopic (exact) mass is 472 g/mol. The van der Waals surface area contributed by atoms with E-state index in [4.69, 9.17) is 9.47 Å². The summed E-state index contributed by atoms with van der Waals surface area (Å²) in [7, 11) is -0.0341. The summed E-state index contributed by atoms with van der Waals surface area (Å²) in [6.45, 7) is 0. The van der Waals surface area contributed by atoms with Crippen molar-refractivity contribution in [3.63, 3.8) is 0 Å². The smallest absolute Gasteiger partial charge is 0.337 e. The van der Waals surface area contributed by atoms with Gasteiger partial charge in [-0.2, -0.15) is 9.97 Å². The van der Waals surface area contributed by atoms with E-state index in [-0.39, 0.29) is 33.7 Å². The molecule has 2 aromatic carbocycles. The van der Waals surface area contributed by atoms with Crippen LogP contribution < -0.4 is 19.5 Å². The van der Waals surface area contributed by atoms with Gasteiger partial charge in [-0.05, 0) is 42.5 Å². The van der Waals surface area contributed by atoms with Gasteiger partial charge in [0.25, 0.3) is 15.9 Å². The van der Waals surface area contributed by atoms with Crippen molar-refractivity contribution in [1.29, 1.82) is 0 Å². The molecule has 12 heteroatoms. The maximum absolute atomic E-state index is 12.7. The van der Waals surface area contributed by atoms with Crippen molar-refractivity contribution in [1.82, 2.24) is 9.97 Å².